The van der Waals surface area contributed by atoms with Crippen molar-refractivity contribution in [2.24, 2.45) is 5.92 Å². The van der Waals surface area contributed by atoms with Crippen LogP contribution in [-0.4, -0.2) is 32.2 Å². The average Bonchev–Trinajstić information content (AvgIpc) is 2.38. The molecule has 0 aliphatic rings. The molecule has 1 atom stereocenters. The van der Waals surface area contributed by atoms with E-state index in [0.717, 1.165) is 10.4 Å². The molecular weight excluding hydrogens is 254 g/mol. The minimum absolute atomic E-state index is 0.883. The summed E-state index contributed by atoms with van der Waals surface area (Å²) >= 11 is 0. The zero-order valence-corrected chi connectivity index (χ0v) is 15.9. The highest BCUT2D eigenvalue weighted by atomic mass is 15.3. The summed E-state index contributed by atoms with van der Waals surface area (Å²) in [6.45, 7) is 6.03. The van der Waals surface area contributed by atoms with E-state index in [1.165, 1.54) is 90.0 Å². The Hall–Kier alpha value is -0.0400. The fourth-order valence-electron chi connectivity index (χ4n) is 3.36. The number of nitrogens with zero attached hydrogens (tertiary/aromatic N) is 1. The Morgan fingerprint density at radius 1 is 0.619 bits per heavy atom. The standard InChI is InChI=1S/C20H44N/c1-6-7-8-9-10-11-12-13-14-15-16-17-18-20(2)19-21(3,4)5/h20H,6-19H2,1-5H3/q+1. The highest BCUT2D eigenvalue weighted by Crippen LogP contribution is 2.15. The van der Waals surface area contributed by atoms with Crippen LogP contribution >= 0.6 is 0 Å². The molecule has 0 heterocycles. The molecule has 0 aromatic rings. The Balaban J connectivity index is 3.15. The SMILES string of the molecule is CCCCCCCCCCCCCCC(C)C[N+](C)(C)C. The van der Waals surface area contributed by atoms with Gasteiger partial charge in [-0.05, 0) is 6.42 Å². The van der Waals surface area contributed by atoms with Gasteiger partial charge in [-0.15, -0.1) is 0 Å². The quantitative estimate of drug-likeness (QED) is 0.242. The van der Waals surface area contributed by atoms with E-state index in [0.29, 0.717) is 0 Å². The number of quaternary nitrogens is 1. The van der Waals surface area contributed by atoms with Crippen molar-refractivity contribution in [3.63, 3.8) is 0 Å². The molecule has 1 unspecified atom stereocenters. The first-order valence-electron chi connectivity index (χ1n) is 9.76. The highest BCUT2D eigenvalue weighted by Gasteiger charge is 2.12. The van der Waals surface area contributed by atoms with Crippen LogP contribution in [0.15, 0.2) is 0 Å². The Morgan fingerprint density at radius 2 is 1.00 bits per heavy atom. The molecule has 1 heteroatoms. The summed E-state index contributed by atoms with van der Waals surface area (Å²) < 4.78 is 1.11. The second-order valence-electron chi connectivity index (χ2n) is 8.26. The summed E-state index contributed by atoms with van der Waals surface area (Å²) in [4.78, 5) is 0. The second-order valence-corrected chi connectivity index (χ2v) is 8.26. The maximum Gasteiger partial charge on any atom is 0.0806 e. The van der Waals surface area contributed by atoms with Gasteiger partial charge in [0, 0.05) is 5.92 Å². The van der Waals surface area contributed by atoms with Crippen LogP contribution in [0.5, 0.6) is 0 Å². The highest BCUT2D eigenvalue weighted by molar-refractivity contribution is 4.53. The summed E-state index contributed by atoms with van der Waals surface area (Å²) in [6, 6.07) is 0. The van der Waals surface area contributed by atoms with Crippen molar-refractivity contribution in [3.05, 3.63) is 0 Å². The van der Waals surface area contributed by atoms with Crippen molar-refractivity contribution < 1.29 is 4.48 Å². The lowest BCUT2D eigenvalue weighted by Crippen LogP contribution is -2.38. The molecule has 0 saturated carbocycles. The van der Waals surface area contributed by atoms with Gasteiger partial charge in [0.15, 0.2) is 0 Å². The van der Waals surface area contributed by atoms with E-state index in [2.05, 4.69) is 35.0 Å². The van der Waals surface area contributed by atoms with Gasteiger partial charge >= 0.3 is 0 Å². The van der Waals surface area contributed by atoms with E-state index < -0.39 is 0 Å². The van der Waals surface area contributed by atoms with E-state index in [1.807, 2.05) is 0 Å². The van der Waals surface area contributed by atoms with Crippen molar-refractivity contribution in [3.8, 4) is 0 Å². The molecule has 0 aliphatic heterocycles. The predicted octanol–water partition coefficient (Wildman–Crippen LogP) is 6.42. The smallest absolute Gasteiger partial charge is 0.0806 e. The average molecular weight is 299 g/mol. The fraction of sp³-hybridized carbons (Fsp3) is 1.00. The molecule has 0 aromatic carbocycles. The Kier molecular flexibility index (Phi) is 13.6. The molecule has 0 amide bonds. The van der Waals surface area contributed by atoms with Gasteiger partial charge in [0.05, 0.1) is 27.7 Å². The molecule has 0 bridgehead atoms. The zero-order chi connectivity index (χ0) is 16.0. The fourth-order valence-corrected chi connectivity index (χ4v) is 3.36. The molecule has 0 saturated heterocycles. The summed E-state index contributed by atoms with van der Waals surface area (Å²) in [6.07, 6.45) is 18.9. The van der Waals surface area contributed by atoms with Crippen LogP contribution in [0.25, 0.3) is 0 Å². The molecule has 128 valence electrons. The molecule has 1 nitrogen and oxygen atoms in total. The van der Waals surface area contributed by atoms with Crippen molar-refractivity contribution in [1.29, 1.82) is 0 Å². The van der Waals surface area contributed by atoms with Crippen LogP contribution in [0, 0.1) is 5.92 Å². The monoisotopic (exact) mass is 298 g/mol. The van der Waals surface area contributed by atoms with Crippen molar-refractivity contribution in [1.82, 2.24) is 0 Å². The molecule has 0 aromatic heterocycles. The Morgan fingerprint density at radius 3 is 1.38 bits per heavy atom. The van der Waals surface area contributed by atoms with Crippen LogP contribution in [0.1, 0.15) is 97.3 Å². The van der Waals surface area contributed by atoms with Gasteiger partial charge in [0.2, 0.25) is 0 Å². The van der Waals surface area contributed by atoms with E-state index in [1.54, 1.807) is 0 Å². The summed E-state index contributed by atoms with van der Waals surface area (Å²) in [5.74, 6) is 0.883. The molecule has 0 spiro atoms. The van der Waals surface area contributed by atoms with Gasteiger partial charge in [-0.1, -0.05) is 90.9 Å². The summed E-state index contributed by atoms with van der Waals surface area (Å²) in [7, 11) is 6.91. The molecule has 0 aliphatic carbocycles. The third-order valence-electron chi connectivity index (χ3n) is 4.41. The van der Waals surface area contributed by atoms with Gasteiger partial charge in [-0.2, -0.15) is 0 Å². The molecular formula is C20H44N+. The van der Waals surface area contributed by atoms with E-state index in [-0.39, 0.29) is 0 Å². The first-order valence-corrected chi connectivity index (χ1v) is 9.76. The largest absolute Gasteiger partial charge is 0.331 e. The number of rotatable bonds is 15. The lowest BCUT2D eigenvalue weighted by molar-refractivity contribution is -0.873. The van der Waals surface area contributed by atoms with Gasteiger partial charge in [0.1, 0.15) is 0 Å². The molecule has 21 heavy (non-hydrogen) atoms. The Bertz CT molecular complexity index is 204. The van der Waals surface area contributed by atoms with Crippen LogP contribution in [0.2, 0.25) is 0 Å². The molecule has 0 rings (SSSR count). The van der Waals surface area contributed by atoms with Gasteiger partial charge < -0.3 is 4.48 Å². The maximum absolute atomic E-state index is 2.42. The van der Waals surface area contributed by atoms with Crippen LogP contribution in [0.3, 0.4) is 0 Å². The molecule has 0 radical (unpaired) electrons. The predicted molar refractivity (Wildman–Crippen MR) is 97.8 cm³/mol. The van der Waals surface area contributed by atoms with Crippen molar-refractivity contribution >= 4 is 0 Å². The van der Waals surface area contributed by atoms with E-state index in [4.69, 9.17) is 0 Å². The topological polar surface area (TPSA) is 0 Å². The minimum Gasteiger partial charge on any atom is -0.331 e. The van der Waals surface area contributed by atoms with E-state index in [9.17, 15) is 0 Å². The lowest BCUT2D eigenvalue weighted by Gasteiger charge is -2.27. The Labute approximate surface area is 136 Å². The van der Waals surface area contributed by atoms with Gasteiger partial charge in [0.25, 0.3) is 0 Å². The maximum atomic E-state index is 2.42. The minimum atomic E-state index is 0.883. The molecule has 0 N–H and O–H groups in total. The lowest BCUT2D eigenvalue weighted by atomic mass is 10.0. The van der Waals surface area contributed by atoms with Crippen molar-refractivity contribution in [2.75, 3.05) is 27.7 Å². The van der Waals surface area contributed by atoms with Crippen LogP contribution < -0.4 is 0 Å². The van der Waals surface area contributed by atoms with Crippen LogP contribution in [0.4, 0.5) is 0 Å². The first kappa shape index (κ1) is 21.0. The van der Waals surface area contributed by atoms with Gasteiger partial charge in [-0.3, -0.25) is 0 Å². The number of hydrogen-bond donors (Lipinski definition) is 0. The van der Waals surface area contributed by atoms with Gasteiger partial charge in [-0.25, -0.2) is 0 Å². The second kappa shape index (κ2) is 13.6. The third-order valence-corrected chi connectivity index (χ3v) is 4.41. The zero-order valence-electron chi connectivity index (χ0n) is 15.9. The third kappa shape index (κ3) is 17.9. The number of hydrogen-bond acceptors (Lipinski definition) is 0. The summed E-state index contributed by atoms with van der Waals surface area (Å²) in [5, 5.41) is 0. The van der Waals surface area contributed by atoms with E-state index >= 15 is 0 Å². The normalized spacial score (nSPS) is 13.6. The first-order chi connectivity index (χ1) is 9.95. The summed E-state index contributed by atoms with van der Waals surface area (Å²) in [5.41, 5.74) is 0. The molecule has 0 fully saturated rings. The van der Waals surface area contributed by atoms with Crippen molar-refractivity contribution in [2.45, 2.75) is 97.3 Å². The van der Waals surface area contributed by atoms with Crippen LogP contribution in [-0.2, 0) is 0 Å². The number of unbranched alkanes of at least 4 members (excludes halogenated alkanes) is 11.